The van der Waals surface area contributed by atoms with Gasteiger partial charge in [0, 0.05) is 29.7 Å². The maximum absolute atomic E-state index is 11.8. The van der Waals surface area contributed by atoms with E-state index in [4.69, 9.17) is 17.3 Å². The average molecular weight is 282 g/mol. The fourth-order valence-corrected chi connectivity index (χ4v) is 2.42. The van der Waals surface area contributed by atoms with Crippen LogP contribution in [0.4, 0.5) is 5.69 Å². The molecule has 19 heavy (non-hydrogen) atoms. The molecule has 104 valence electrons. The molecule has 0 aromatic heterocycles. The van der Waals surface area contributed by atoms with Crippen molar-refractivity contribution in [3.05, 3.63) is 29.3 Å². The van der Waals surface area contributed by atoms with Crippen LogP contribution in [0.5, 0.6) is 0 Å². The molecule has 1 amide bonds. The minimum atomic E-state index is 0.0251. The highest BCUT2D eigenvalue weighted by Gasteiger charge is 2.16. The fourth-order valence-electron chi connectivity index (χ4n) is 2.23. The Morgan fingerprint density at radius 1 is 1.42 bits per heavy atom. The molecule has 2 rings (SSSR count). The third kappa shape index (κ3) is 4.82. The fraction of sp³-hybridized carbons (Fsp3) is 0.500. The summed E-state index contributed by atoms with van der Waals surface area (Å²) in [5.74, 6) is 0.0251. The molecule has 4 nitrogen and oxygen atoms in total. The third-order valence-corrected chi connectivity index (χ3v) is 3.63. The number of nitrogens with zero attached hydrogens (tertiary/aromatic N) is 1. The highest BCUT2D eigenvalue weighted by molar-refractivity contribution is 6.30. The van der Waals surface area contributed by atoms with Crippen molar-refractivity contribution >= 4 is 23.2 Å². The normalized spacial score (nSPS) is 17.4. The summed E-state index contributed by atoms with van der Waals surface area (Å²) in [6.07, 6.45) is 2.55. The van der Waals surface area contributed by atoms with Crippen LogP contribution in [-0.4, -0.2) is 36.5 Å². The molecule has 0 spiro atoms. The van der Waals surface area contributed by atoms with Gasteiger partial charge in [0.25, 0.3) is 0 Å². The van der Waals surface area contributed by atoms with Crippen LogP contribution in [0, 0.1) is 0 Å². The molecule has 0 bridgehead atoms. The van der Waals surface area contributed by atoms with Crippen molar-refractivity contribution in [1.82, 2.24) is 4.90 Å². The van der Waals surface area contributed by atoms with Gasteiger partial charge in [-0.2, -0.15) is 0 Å². The second kappa shape index (κ2) is 6.89. The van der Waals surface area contributed by atoms with Crippen LogP contribution >= 0.6 is 11.6 Å². The number of carbonyl (C=O) groups excluding carboxylic acids is 1. The summed E-state index contributed by atoms with van der Waals surface area (Å²) in [5.41, 5.74) is 6.60. The Bertz CT molecular complexity index is 430. The van der Waals surface area contributed by atoms with Gasteiger partial charge in [0.1, 0.15) is 0 Å². The van der Waals surface area contributed by atoms with Crippen LogP contribution < -0.4 is 11.1 Å². The molecule has 1 heterocycles. The number of halogens is 1. The molecular weight excluding hydrogens is 262 g/mol. The lowest BCUT2D eigenvalue weighted by molar-refractivity contribution is -0.116. The number of nitrogens with one attached hydrogen (secondary N) is 1. The molecule has 0 radical (unpaired) electrons. The lowest BCUT2D eigenvalue weighted by atomic mass is 10.1. The summed E-state index contributed by atoms with van der Waals surface area (Å²) < 4.78 is 0. The van der Waals surface area contributed by atoms with E-state index in [1.165, 1.54) is 0 Å². The van der Waals surface area contributed by atoms with Crippen LogP contribution in [0.15, 0.2) is 24.3 Å². The molecule has 1 saturated heterocycles. The molecule has 0 aliphatic carbocycles. The zero-order chi connectivity index (χ0) is 13.7. The number of rotatable bonds is 4. The van der Waals surface area contributed by atoms with E-state index in [0.717, 1.165) is 38.2 Å². The second-order valence-corrected chi connectivity index (χ2v) is 5.42. The minimum absolute atomic E-state index is 0.0251. The number of benzene rings is 1. The number of amides is 1. The highest BCUT2D eigenvalue weighted by Crippen LogP contribution is 2.15. The summed E-state index contributed by atoms with van der Waals surface area (Å²) in [6, 6.07) is 7.53. The molecule has 0 unspecified atom stereocenters. The number of nitrogens with two attached hydrogens (primary N) is 1. The second-order valence-electron chi connectivity index (χ2n) is 4.99. The van der Waals surface area contributed by atoms with Crippen molar-refractivity contribution in [3.8, 4) is 0 Å². The Morgan fingerprint density at radius 2 is 2.16 bits per heavy atom. The van der Waals surface area contributed by atoms with Crippen LogP contribution in [0.1, 0.15) is 19.3 Å². The Kier molecular flexibility index (Phi) is 5.19. The maximum Gasteiger partial charge on any atom is 0.225 e. The van der Waals surface area contributed by atoms with E-state index in [1.807, 2.05) is 12.1 Å². The Balaban J connectivity index is 1.73. The van der Waals surface area contributed by atoms with E-state index < -0.39 is 0 Å². The molecule has 3 N–H and O–H groups in total. The summed E-state index contributed by atoms with van der Waals surface area (Å²) in [4.78, 5) is 14.1. The monoisotopic (exact) mass is 281 g/mol. The number of likely N-dealkylation sites (tertiary alicyclic amines) is 1. The van der Waals surface area contributed by atoms with E-state index in [-0.39, 0.29) is 5.91 Å². The van der Waals surface area contributed by atoms with Crippen molar-refractivity contribution in [2.75, 3.05) is 25.0 Å². The van der Waals surface area contributed by atoms with Crippen molar-refractivity contribution < 1.29 is 4.79 Å². The van der Waals surface area contributed by atoms with Crippen molar-refractivity contribution in [1.29, 1.82) is 0 Å². The largest absolute Gasteiger partial charge is 0.328 e. The van der Waals surface area contributed by atoms with Gasteiger partial charge in [0.05, 0.1) is 0 Å². The van der Waals surface area contributed by atoms with Crippen LogP contribution in [0.3, 0.4) is 0 Å². The van der Waals surface area contributed by atoms with E-state index in [2.05, 4.69) is 10.2 Å². The van der Waals surface area contributed by atoms with Gasteiger partial charge in [-0.15, -0.1) is 0 Å². The number of piperidine rings is 1. The van der Waals surface area contributed by atoms with Crippen molar-refractivity contribution in [3.63, 3.8) is 0 Å². The van der Waals surface area contributed by atoms with E-state index in [0.29, 0.717) is 17.5 Å². The molecule has 5 heteroatoms. The summed E-state index contributed by atoms with van der Waals surface area (Å²) in [7, 11) is 0. The van der Waals surface area contributed by atoms with Crippen LogP contribution in [0.2, 0.25) is 5.02 Å². The molecule has 1 aromatic rings. The standard InChI is InChI=1S/C14H20ClN3O/c15-11-2-1-3-13(10-11)17-14(19)6-9-18-7-4-12(16)5-8-18/h1-3,10,12H,4-9,16H2,(H,17,19). The van der Waals surface area contributed by atoms with Gasteiger partial charge >= 0.3 is 0 Å². The van der Waals surface area contributed by atoms with Crippen molar-refractivity contribution in [2.24, 2.45) is 5.73 Å². The zero-order valence-electron chi connectivity index (χ0n) is 10.9. The number of carbonyl (C=O) groups is 1. The van der Waals surface area contributed by atoms with E-state index in [9.17, 15) is 4.79 Å². The van der Waals surface area contributed by atoms with E-state index >= 15 is 0 Å². The SMILES string of the molecule is NC1CCN(CCC(=O)Nc2cccc(Cl)c2)CC1. The zero-order valence-corrected chi connectivity index (χ0v) is 11.7. The third-order valence-electron chi connectivity index (χ3n) is 3.40. The quantitative estimate of drug-likeness (QED) is 0.888. The molecule has 1 aromatic carbocycles. The summed E-state index contributed by atoms with van der Waals surface area (Å²) in [6.45, 7) is 2.77. The number of anilines is 1. The first-order valence-electron chi connectivity index (χ1n) is 6.67. The molecule has 1 aliphatic rings. The molecule has 1 aliphatic heterocycles. The van der Waals surface area contributed by atoms with Gasteiger partial charge in [-0.05, 0) is 44.1 Å². The first-order chi connectivity index (χ1) is 9.13. The van der Waals surface area contributed by atoms with Gasteiger partial charge in [-0.3, -0.25) is 4.79 Å². The number of hydrogen-bond donors (Lipinski definition) is 2. The minimum Gasteiger partial charge on any atom is -0.328 e. The van der Waals surface area contributed by atoms with Gasteiger partial charge in [-0.1, -0.05) is 17.7 Å². The summed E-state index contributed by atoms with van der Waals surface area (Å²) >= 11 is 5.87. The molecular formula is C14H20ClN3O. The van der Waals surface area contributed by atoms with Gasteiger partial charge in [0.2, 0.25) is 5.91 Å². The van der Waals surface area contributed by atoms with Crippen LogP contribution in [0.25, 0.3) is 0 Å². The molecule has 0 atom stereocenters. The first-order valence-corrected chi connectivity index (χ1v) is 7.04. The van der Waals surface area contributed by atoms with Gasteiger partial charge < -0.3 is 16.0 Å². The lowest BCUT2D eigenvalue weighted by Crippen LogP contribution is -2.40. The van der Waals surface area contributed by atoms with Crippen LogP contribution in [-0.2, 0) is 4.79 Å². The predicted molar refractivity (Wildman–Crippen MR) is 78.3 cm³/mol. The Hall–Kier alpha value is -1.10. The first kappa shape index (κ1) is 14.3. The predicted octanol–water partition coefficient (Wildman–Crippen LogP) is 2.09. The lowest BCUT2D eigenvalue weighted by Gasteiger charge is -2.29. The van der Waals surface area contributed by atoms with E-state index in [1.54, 1.807) is 12.1 Å². The Morgan fingerprint density at radius 3 is 2.84 bits per heavy atom. The maximum atomic E-state index is 11.8. The van der Waals surface area contributed by atoms with Gasteiger partial charge in [0.15, 0.2) is 0 Å². The smallest absolute Gasteiger partial charge is 0.225 e. The highest BCUT2D eigenvalue weighted by atomic mass is 35.5. The summed E-state index contributed by atoms with van der Waals surface area (Å²) in [5, 5.41) is 3.48. The molecule has 1 fully saturated rings. The Labute approximate surface area is 118 Å². The number of hydrogen-bond acceptors (Lipinski definition) is 3. The van der Waals surface area contributed by atoms with Crippen molar-refractivity contribution in [2.45, 2.75) is 25.3 Å². The topological polar surface area (TPSA) is 58.4 Å². The average Bonchev–Trinajstić information content (AvgIpc) is 2.38. The molecule has 0 saturated carbocycles. The van der Waals surface area contributed by atoms with Gasteiger partial charge in [-0.25, -0.2) is 0 Å².